The zero-order valence-electron chi connectivity index (χ0n) is 17.2. The number of benzene rings is 2. The first-order chi connectivity index (χ1) is 14.3. The van der Waals surface area contributed by atoms with Gasteiger partial charge in [0.25, 0.3) is 0 Å². The van der Waals surface area contributed by atoms with Gasteiger partial charge in [0.2, 0.25) is 0 Å². The van der Waals surface area contributed by atoms with Gasteiger partial charge >= 0.3 is 0 Å². The first kappa shape index (κ1) is 17.8. The molecular formula is C26H31NO2. The van der Waals surface area contributed by atoms with Gasteiger partial charge in [-0.25, -0.2) is 0 Å². The summed E-state index contributed by atoms with van der Waals surface area (Å²) in [4.78, 5) is 2.71. The Balaban J connectivity index is 1.23. The molecule has 0 unspecified atom stereocenters. The van der Waals surface area contributed by atoms with Gasteiger partial charge in [0.1, 0.15) is 6.10 Å². The van der Waals surface area contributed by atoms with E-state index in [-0.39, 0.29) is 11.5 Å². The third kappa shape index (κ3) is 3.15. The van der Waals surface area contributed by atoms with Crippen LogP contribution in [0.1, 0.15) is 49.7 Å². The molecule has 0 aromatic heterocycles. The standard InChI is InChI=1S/C26H31NO2/c1-2-6-19(7-3-1)13-15-27-17-24-26(14-5-8-21(27)16-26)22-9-4-10-23(25(22)29-24)28-18-20-11-12-20/h1-4,6-7,9-10,20-21,24H,5,8,11-18H2/t21-,24-,26-/m0/s1. The van der Waals surface area contributed by atoms with Gasteiger partial charge in [0.05, 0.1) is 6.61 Å². The summed E-state index contributed by atoms with van der Waals surface area (Å²) >= 11 is 0. The summed E-state index contributed by atoms with van der Waals surface area (Å²) in [5, 5.41) is 0. The van der Waals surface area contributed by atoms with Gasteiger partial charge in [-0.3, -0.25) is 4.90 Å². The van der Waals surface area contributed by atoms with Crippen LogP contribution < -0.4 is 9.47 Å². The highest BCUT2D eigenvalue weighted by molar-refractivity contribution is 5.55. The molecule has 3 heteroatoms. The van der Waals surface area contributed by atoms with Crippen LogP contribution in [-0.2, 0) is 11.8 Å². The normalized spacial score (nSPS) is 30.3. The Morgan fingerprint density at radius 2 is 1.93 bits per heavy atom. The number of likely N-dealkylation sites (tertiary alicyclic amines) is 1. The predicted octanol–water partition coefficient (Wildman–Crippen LogP) is 4.98. The molecule has 2 aromatic rings. The molecule has 3 nitrogen and oxygen atoms in total. The summed E-state index contributed by atoms with van der Waals surface area (Å²) in [7, 11) is 0. The highest BCUT2D eigenvalue weighted by Gasteiger charge is 2.56. The maximum atomic E-state index is 6.69. The summed E-state index contributed by atoms with van der Waals surface area (Å²) < 4.78 is 12.9. The average Bonchev–Trinajstić information content (AvgIpc) is 3.54. The van der Waals surface area contributed by atoms with Gasteiger partial charge < -0.3 is 9.47 Å². The summed E-state index contributed by atoms with van der Waals surface area (Å²) in [5.74, 6) is 2.81. The number of para-hydroxylation sites is 1. The van der Waals surface area contributed by atoms with E-state index in [0.717, 1.165) is 43.5 Å². The molecule has 2 heterocycles. The van der Waals surface area contributed by atoms with E-state index in [1.807, 2.05) is 0 Å². The molecule has 29 heavy (non-hydrogen) atoms. The van der Waals surface area contributed by atoms with Crippen molar-refractivity contribution in [2.45, 2.75) is 62.5 Å². The van der Waals surface area contributed by atoms with E-state index in [2.05, 4.69) is 53.4 Å². The second-order valence-electron chi connectivity index (χ2n) is 9.63. The Bertz CT molecular complexity index is 878. The molecule has 0 N–H and O–H groups in total. The molecule has 3 atom stereocenters. The van der Waals surface area contributed by atoms with Gasteiger partial charge in [-0.2, -0.15) is 0 Å². The van der Waals surface area contributed by atoms with Gasteiger partial charge in [-0.15, -0.1) is 0 Å². The number of rotatable bonds is 6. The van der Waals surface area contributed by atoms with E-state index < -0.39 is 0 Å². The quantitative estimate of drug-likeness (QED) is 0.696. The molecule has 2 bridgehead atoms. The van der Waals surface area contributed by atoms with Crippen LogP contribution in [0.4, 0.5) is 0 Å². The third-order valence-electron chi connectivity index (χ3n) is 7.77. The first-order valence-electron chi connectivity index (χ1n) is 11.5. The lowest BCUT2D eigenvalue weighted by Crippen LogP contribution is -2.59. The van der Waals surface area contributed by atoms with Crippen molar-refractivity contribution >= 4 is 0 Å². The minimum Gasteiger partial charge on any atom is -0.489 e. The highest BCUT2D eigenvalue weighted by Crippen LogP contribution is 2.57. The van der Waals surface area contributed by atoms with Crippen LogP contribution in [0.15, 0.2) is 48.5 Å². The molecule has 0 radical (unpaired) electrons. The Hall–Kier alpha value is -2.00. The van der Waals surface area contributed by atoms with Crippen molar-refractivity contribution in [1.82, 2.24) is 4.90 Å². The summed E-state index contributed by atoms with van der Waals surface area (Å²) in [6.45, 7) is 3.03. The Morgan fingerprint density at radius 3 is 2.79 bits per heavy atom. The van der Waals surface area contributed by atoms with Gasteiger partial charge in [-0.1, -0.05) is 48.9 Å². The molecule has 2 aliphatic carbocycles. The summed E-state index contributed by atoms with van der Waals surface area (Å²) in [6.07, 6.45) is 9.18. The zero-order valence-corrected chi connectivity index (χ0v) is 17.2. The Labute approximate surface area is 174 Å². The molecule has 6 rings (SSSR count). The van der Waals surface area contributed by atoms with Crippen molar-refractivity contribution in [2.24, 2.45) is 5.92 Å². The van der Waals surface area contributed by atoms with Crippen molar-refractivity contribution < 1.29 is 9.47 Å². The van der Waals surface area contributed by atoms with Crippen LogP contribution in [0, 0.1) is 5.92 Å². The molecule has 1 spiro atoms. The fourth-order valence-electron chi connectivity index (χ4n) is 5.96. The van der Waals surface area contributed by atoms with E-state index in [9.17, 15) is 0 Å². The minimum atomic E-state index is 0.209. The van der Waals surface area contributed by atoms with Gasteiger partial charge in [0.15, 0.2) is 11.5 Å². The number of ether oxygens (including phenoxy) is 2. The topological polar surface area (TPSA) is 21.7 Å². The van der Waals surface area contributed by atoms with Crippen LogP contribution in [0.3, 0.4) is 0 Å². The lowest BCUT2D eigenvalue weighted by atomic mass is 9.63. The molecule has 2 aliphatic heterocycles. The average molecular weight is 390 g/mol. The maximum absolute atomic E-state index is 6.69. The van der Waals surface area contributed by atoms with E-state index in [4.69, 9.17) is 9.47 Å². The number of hydrogen-bond donors (Lipinski definition) is 0. The van der Waals surface area contributed by atoms with Gasteiger partial charge in [0, 0.05) is 30.1 Å². The van der Waals surface area contributed by atoms with Crippen molar-refractivity contribution in [3.8, 4) is 11.5 Å². The molecule has 3 fully saturated rings. The Morgan fingerprint density at radius 1 is 1.03 bits per heavy atom. The number of piperidine rings is 1. The van der Waals surface area contributed by atoms with E-state index in [1.165, 1.54) is 49.7 Å². The molecule has 152 valence electrons. The van der Waals surface area contributed by atoms with Crippen LogP contribution in [-0.4, -0.2) is 36.7 Å². The maximum Gasteiger partial charge on any atom is 0.165 e. The van der Waals surface area contributed by atoms with Crippen LogP contribution in [0.5, 0.6) is 11.5 Å². The minimum absolute atomic E-state index is 0.209. The smallest absolute Gasteiger partial charge is 0.165 e. The SMILES string of the molecule is c1ccc(CCN2C[C@@H]3Oc4c(OCC5CC5)cccc4[C@@]34CCC[C@H]2C4)cc1. The highest BCUT2D eigenvalue weighted by atomic mass is 16.5. The van der Waals surface area contributed by atoms with E-state index in [1.54, 1.807) is 0 Å². The van der Waals surface area contributed by atoms with Crippen LogP contribution in [0.25, 0.3) is 0 Å². The molecule has 1 saturated heterocycles. The largest absolute Gasteiger partial charge is 0.489 e. The second kappa shape index (κ2) is 7.05. The monoisotopic (exact) mass is 389 g/mol. The zero-order chi connectivity index (χ0) is 19.3. The predicted molar refractivity (Wildman–Crippen MR) is 115 cm³/mol. The van der Waals surface area contributed by atoms with Crippen molar-refractivity contribution in [2.75, 3.05) is 19.7 Å². The van der Waals surface area contributed by atoms with Crippen molar-refractivity contribution in [3.63, 3.8) is 0 Å². The number of nitrogens with zero attached hydrogens (tertiary/aromatic N) is 1. The lowest BCUT2D eigenvalue weighted by molar-refractivity contribution is -0.0214. The first-order valence-corrected chi connectivity index (χ1v) is 11.5. The van der Waals surface area contributed by atoms with Crippen LogP contribution in [0.2, 0.25) is 0 Å². The summed E-state index contributed by atoms with van der Waals surface area (Å²) in [6, 6.07) is 18.2. The van der Waals surface area contributed by atoms with Crippen LogP contribution >= 0.6 is 0 Å². The molecular weight excluding hydrogens is 358 g/mol. The molecule has 2 saturated carbocycles. The van der Waals surface area contributed by atoms with Gasteiger partial charge in [-0.05, 0) is 56.1 Å². The number of hydrogen-bond acceptors (Lipinski definition) is 3. The fourth-order valence-corrected chi connectivity index (χ4v) is 5.96. The third-order valence-corrected chi connectivity index (χ3v) is 7.77. The molecule has 0 amide bonds. The van der Waals surface area contributed by atoms with Crippen molar-refractivity contribution in [1.29, 1.82) is 0 Å². The van der Waals surface area contributed by atoms with E-state index in [0.29, 0.717) is 6.04 Å². The van der Waals surface area contributed by atoms with Crippen molar-refractivity contribution in [3.05, 3.63) is 59.7 Å². The number of fused-ring (bicyclic) bond motifs is 2. The Kier molecular flexibility index (Phi) is 4.33. The fraction of sp³-hybridized carbons (Fsp3) is 0.538. The van der Waals surface area contributed by atoms with E-state index >= 15 is 0 Å². The lowest BCUT2D eigenvalue weighted by Gasteiger charge is -2.51. The molecule has 4 aliphatic rings. The second-order valence-corrected chi connectivity index (χ2v) is 9.63. The molecule has 2 aromatic carbocycles. The summed E-state index contributed by atoms with van der Waals surface area (Å²) in [5.41, 5.74) is 3.08.